The molecule has 1 aromatic carbocycles. The van der Waals surface area contributed by atoms with E-state index in [-0.39, 0.29) is 0 Å². The first-order chi connectivity index (χ1) is 10.7. The molecule has 1 aliphatic rings. The fraction of sp³-hybridized carbons (Fsp3) is 0.375. The molecule has 2 aromatic rings. The number of nitrogens with zero attached hydrogens (tertiary/aromatic N) is 2. The standard InChI is InChI=1S/C16H20N4O2/c1-10-8-15(20-16(17-10)18-11-4-5-11)19-13-7-6-12(21-2)9-14(13)22-3/h6-9,11H,4-5H2,1-3H3,(H2,17,18,19,20). The quantitative estimate of drug-likeness (QED) is 0.854. The van der Waals surface area contributed by atoms with Crippen molar-refractivity contribution >= 4 is 17.5 Å². The Morgan fingerprint density at radius 1 is 1.09 bits per heavy atom. The number of rotatable bonds is 6. The molecule has 0 atom stereocenters. The Bertz CT molecular complexity index is 671. The first kappa shape index (κ1) is 14.4. The van der Waals surface area contributed by atoms with Crippen molar-refractivity contribution in [2.24, 2.45) is 0 Å². The smallest absolute Gasteiger partial charge is 0.225 e. The van der Waals surface area contributed by atoms with Crippen LogP contribution in [-0.4, -0.2) is 30.2 Å². The Hall–Kier alpha value is -2.50. The second-order valence-corrected chi connectivity index (χ2v) is 5.33. The first-order valence-corrected chi connectivity index (χ1v) is 7.29. The summed E-state index contributed by atoms with van der Waals surface area (Å²) in [7, 11) is 3.26. The first-order valence-electron chi connectivity index (χ1n) is 7.29. The lowest BCUT2D eigenvalue weighted by atomic mass is 10.2. The molecule has 0 aliphatic heterocycles. The molecule has 116 valence electrons. The molecule has 1 heterocycles. The van der Waals surface area contributed by atoms with Crippen LogP contribution in [0, 0.1) is 6.92 Å². The maximum atomic E-state index is 5.39. The fourth-order valence-electron chi connectivity index (χ4n) is 2.15. The van der Waals surface area contributed by atoms with Crippen molar-refractivity contribution in [3.05, 3.63) is 30.0 Å². The van der Waals surface area contributed by atoms with Gasteiger partial charge in [0.05, 0.1) is 19.9 Å². The van der Waals surface area contributed by atoms with Gasteiger partial charge in [-0.1, -0.05) is 0 Å². The van der Waals surface area contributed by atoms with Crippen molar-refractivity contribution in [2.75, 3.05) is 24.9 Å². The van der Waals surface area contributed by atoms with Gasteiger partial charge in [-0.3, -0.25) is 0 Å². The van der Waals surface area contributed by atoms with Gasteiger partial charge >= 0.3 is 0 Å². The van der Waals surface area contributed by atoms with Gasteiger partial charge in [0.25, 0.3) is 0 Å². The van der Waals surface area contributed by atoms with E-state index in [0.29, 0.717) is 17.7 Å². The summed E-state index contributed by atoms with van der Waals surface area (Å²) in [6.45, 7) is 1.95. The van der Waals surface area contributed by atoms with Crippen LogP contribution < -0.4 is 20.1 Å². The molecule has 1 aliphatic carbocycles. The van der Waals surface area contributed by atoms with Crippen molar-refractivity contribution in [1.29, 1.82) is 0 Å². The predicted octanol–water partition coefficient (Wildman–Crippen LogP) is 3.12. The molecular weight excluding hydrogens is 280 g/mol. The third-order valence-corrected chi connectivity index (χ3v) is 3.44. The number of methoxy groups -OCH3 is 2. The maximum absolute atomic E-state index is 5.39. The van der Waals surface area contributed by atoms with Crippen molar-refractivity contribution in [1.82, 2.24) is 9.97 Å². The van der Waals surface area contributed by atoms with Crippen LogP contribution in [-0.2, 0) is 0 Å². The SMILES string of the molecule is COc1ccc(Nc2cc(C)nc(NC3CC3)n2)c(OC)c1. The average Bonchev–Trinajstić information content (AvgIpc) is 3.31. The van der Waals surface area contributed by atoms with Crippen LogP contribution >= 0.6 is 0 Å². The van der Waals surface area contributed by atoms with Crippen LogP contribution in [0.25, 0.3) is 0 Å². The minimum atomic E-state index is 0.519. The van der Waals surface area contributed by atoms with E-state index in [0.717, 1.165) is 22.9 Å². The number of aryl methyl sites for hydroxylation is 1. The molecule has 22 heavy (non-hydrogen) atoms. The highest BCUT2D eigenvalue weighted by Crippen LogP contribution is 2.31. The lowest BCUT2D eigenvalue weighted by Crippen LogP contribution is -2.08. The lowest BCUT2D eigenvalue weighted by Gasteiger charge is -2.13. The van der Waals surface area contributed by atoms with E-state index in [1.807, 2.05) is 31.2 Å². The molecule has 3 rings (SSSR count). The molecule has 0 amide bonds. The second kappa shape index (κ2) is 6.09. The van der Waals surface area contributed by atoms with Crippen LogP contribution in [0.3, 0.4) is 0 Å². The van der Waals surface area contributed by atoms with Gasteiger partial charge < -0.3 is 20.1 Å². The molecule has 1 fully saturated rings. The van der Waals surface area contributed by atoms with Crippen molar-refractivity contribution in [3.63, 3.8) is 0 Å². The molecule has 1 saturated carbocycles. The normalized spacial score (nSPS) is 13.6. The number of aromatic nitrogens is 2. The zero-order valence-electron chi connectivity index (χ0n) is 13.0. The number of hydrogen-bond donors (Lipinski definition) is 2. The van der Waals surface area contributed by atoms with Crippen LogP contribution in [0.5, 0.6) is 11.5 Å². The third kappa shape index (κ3) is 3.39. The number of hydrogen-bond acceptors (Lipinski definition) is 6. The Morgan fingerprint density at radius 2 is 1.91 bits per heavy atom. The molecule has 0 radical (unpaired) electrons. The predicted molar refractivity (Wildman–Crippen MR) is 86.2 cm³/mol. The minimum Gasteiger partial charge on any atom is -0.497 e. The van der Waals surface area contributed by atoms with Gasteiger partial charge in [0.1, 0.15) is 17.3 Å². The Kier molecular flexibility index (Phi) is 4.00. The summed E-state index contributed by atoms with van der Waals surface area (Å²) in [6, 6.07) is 8.04. The van der Waals surface area contributed by atoms with E-state index < -0.39 is 0 Å². The van der Waals surface area contributed by atoms with Gasteiger partial charge in [0, 0.05) is 23.9 Å². The summed E-state index contributed by atoms with van der Waals surface area (Å²) in [6.07, 6.45) is 2.37. The number of ether oxygens (including phenoxy) is 2. The highest BCUT2D eigenvalue weighted by Gasteiger charge is 2.22. The molecule has 0 bridgehead atoms. The summed E-state index contributed by atoms with van der Waals surface area (Å²) in [5.41, 5.74) is 1.74. The van der Waals surface area contributed by atoms with Crippen molar-refractivity contribution in [2.45, 2.75) is 25.8 Å². The van der Waals surface area contributed by atoms with E-state index in [9.17, 15) is 0 Å². The van der Waals surface area contributed by atoms with Crippen molar-refractivity contribution < 1.29 is 9.47 Å². The number of benzene rings is 1. The van der Waals surface area contributed by atoms with Crippen LogP contribution in [0.15, 0.2) is 24.3 Å². The maximum Gasteiger partial charge on any atom is 0.225 e. The Morgan fingerprint density at radius 3 is 2.59 bits per heavy atom. The highest BCUT2D eigenvalue weighted by molar-refractivity contribution is 5.66. The molecule has 1 aromatic heterocycles. The van der Waals surface area contributed by atoms with Gasteiger partial charge in [-0.2, -0.15) is 4.98 Å². The topological polar surface area (TPSA) is 68.3 Å². The molecule has 0 saturated heterocycles. The van der Waals surface area contributed by atoms with Gasteiger partial charge in [-0.15, -0.1) is 0 Å². The summed E-state index contributed by atoms with van der Waals surface area (Å²) < 4.78 is 10.6. The highest BCUT2D eigenvalue weighted by atomic mass is 16.5. The number of anilines is 3. The van der Waals surface area contributed by atoms with Gasteiger partial charge in [-0.05, 0) is 31.9 Å². The second-order valence-electron chi connectivity index (χ2n) is 5.33. The summed E-state index contributed by atoms with van der Waals surface area (Å²) >= 11 is 0. The van der Waals surface area contributed by atoms with Crippen molar-refractivity contribution in [3.8, 4) is 11.5 Å². The Balaban J connectivity index is 1.84. The number of nitrogens with one attached hydrogen (secondary N) is 2. The van der Waals surface area contributed by atoms with Crippen LogP contribution in [0.1, 0.15) is 18.5 Å². The van der Waals surface area contributed by atoms with Gasteiger partial charge in [0.15, 0.2) is 0 Å². The van der Waals surface area contributed by atoms with E-state index >= 15 is 0 Å². The van der Waals surface area contributed by atoms with E-state index in [1.54, 1.807) is 14.2 Å². The van der Waals surface area contributed by atoms with Crippen LogP contribution in [0.2, 0.25) is 0 Å². The average molecular weight is 300 g/mol. The molecule has 6 heteroatoms. The summed E-state index contributed by atoms with van der Waals surface area (Å²) in [5.74, 6) is 2.85. The zero-order valence-corrected chi connectivity index (χ0v) is 13.0. The van der Waals surface area contributed by atoms with E-state index in [1.165, 1.54) is 12.8 Å². The van der Waals surface area contributed by atoms with Gasteiger partial charge in [-0.25, -0.2) is 4.98 Å². The van der Waals surface area contributed by atoms with E-state index in [4.69, 9.17) is 9.47 Å². The monoisotopic (exact) mass is 300 g/mol. The fourth-order valence-corrected chi connectivity index (χ4v) is 2.15. The summed E-state index contributed by atoms with van der Waals surface area (Å²) in [4.78, 5) is 8.92. The molecular formula is C16H20N4O2. The minimum absolute atomic E-state index is 0.519. The zero-order chi connectivity index (χ0) is 15.5. The Labute approximate surface area is 129 Å². The van der Waals surface area contributed by atoms with Crippen LogP contribution in [0.4, 0.5) is 17.5 Å². The van der Waals surface area contributed by atoms with E-state index in [2.05, 4.69) is 20.6 Å². The van der Waals surface area contributed by atoms with Gasteiger partial charge in [0.2, 0.25) is 5.95 Å². The molecule has 0 unspecified atom stereocenters. The molecule has 6 nitrogen and oxygen atoms in total. The molecule has 0 spiro atoms. The largest absolute Gasteiger partial charge is 0.497 e. The third-order valence-electron chi connectivity index (χ3n) is 3.44. The molecule has 2 N–H and O–H groups in total. The summed E-state index contributed by atoms with van der Waals surface area (Å²) in [5, 5.41) is 6.59. The lowest BCUT2D eigenvalue weighted by molar-refractivity contribution is 0.395.